The molecule has 136 valence electrons. The first-order valence-corrected chi connectivity index (χ1v) is 9.48. The molecular formula is C23H32O2. The second-order valence-electron chi connectivity index (χ2n) is 7.90. The minimum absolute atomic E-state index is 0.122. The first-order valence-electron chi connectivity index (χ1n) is 9.48. The molecule has 0 bridgehead atoms. The van der Waals surface area contributed by atoms with Crippen LogP contribution in [0, 0.1) is 5.41 Å². The minimum Gasteiger partial charge on any atom is -0.508 e. The Hall–Kier alpha value is -1.96. The molecule has 2 rings (SSSR count). The summed E-state index contributed by atoms with van der Waals surface area (Å²) in [5, 5.41) is 19.1. The molecule has 0 saturated heterocycles. The number of unbranched alkanes of at least 4 members (excludes halogenated alkanes) is 1. The molecule has 0 radical (unpaired) electrons. The Bertz CT molecular complexity index is 636. The molecule has 0 amide bonds. The molecule has 0 atom stereocenters. The van der Waals surface area contributed by atoms with Crippen molar-refractivity contribution in [3.05, 3.63) is 59.2 Å². The highest BCUT2D eigenvalue weighted by molar-refractivity contribution is 5.37. The average Bonchev–Trinajstić information content (AvgIpc) is 2.57. The van der Waals surface area contributed by atoms with Gasteiger partial charge in [0.2, 0.25) is 0 Å². The van der Waals surface area contributed by atoms with E-state index in [1.165, 1.54) is 42.9 Å². The number of hydrogen-bond donors (Lipinski definition) is 2. The van der Waals surface area contributed by atoms with E-state index in [1.54, 1.807) is 12.1 Å². The third-order valence-electron chi connectivity index (χ3n) is 5.21. The summed E-state index contributed by atoms with van der Waals surface area (Å²) < 4.78 is 0. The van der Waals surface area contributed by atoms with E-state index >= 15 is 0 Å². The Labute approximate surface area is 152 Å². The lowest BCUT2D eigenvalue weighted by molar-refractivity contribution is 0.309. The number of phenolic OH excluding ortho intramolecular Hbond substituents is 2. The van der Waals surface area contributed by atoms with Crippen molar-refractivity contribution < 1.29 is 10.2 Å². The van der Waals surface area contributed by atoms with Crippen molar-refractivity contribution in [3.8, 4) is 11.5 Å². The lowest BCUT2D eigenvalue weighted by Gasteiger charge is -2.22. The Morgan fingerprint density at radius 3 is 1.80 bits per heavy atom. The Kier molecular flexibility index (Phi) is 6.92. The Morgan fingerprint density at radius 2 is 1.24 bits per heavy atom. The van der Waals surface area contributed by atoms with E-state index in [1.807, 2.05) is 0 Å². The number of benzene rings is 2. The van der Waals surface area contributed by atoms with Crippen molar-refractivity contribution in [2.24, 2.45) is 5.41 Å². The van der Waals surface area contributed by atoms with Gasteiger partial charge in [-0.15, -0.1) is 0 Å². The van der Waals surface area contributed by atoms with Crippen LogP contribution < -0.4 is 0 Å². The summed E-state index contributed by atoms with van der Waals surface area (Å²) in [6.45, 7) is 6.99. The normalized spacial score (nSPS) is 11.6. The van der Waals surface area contributed by atoms with Crippen LogP contribution in [0.5, 0.6) is 11.5 Å². The fourth-order valence-electron chi connectivity index (χ4n) is 3.07. The summed E-state index contributed by atoms with van der Waals surface area (Å²) in [5.74, 6) is 0.244. The molecule has 0 aliphatic heterocycles. The fourth-order valence-corrected chi connectivity index (χ4v) is 3.07. The maximum Gasteiger partial charge on any atom is 0.119 e. The molecule has 0 heterocycles. The molecule has 0 unspecified atom stereocenters. The van der Waals surface area contributed by atoms with Gasteiger partial charge in [-0.3, -0.25) is 0 Å². The predicted molar refractivity (Wildman–Crippen MR) is 105 cm³/mol. The summed E-state index contributed by atoms with van der Waals surface area (Å²) in [6, 6.07) is 13.7. The third-order valence-corrected chi connectivity index (χ3v) is 5.21. The molecule has 0 aromatic heterocycles. The number of aromatic hydroxyl groups is 2. The molecule has 0 fully saturated rings. The first-order chi connectivity index (χ1) is 11.9. The van der Waals surface area contributed by atoms with Crippen molar-refractivity contribution in [1.29, 1.82) is 0 Å². The molecule has 2 nitrogen and oxygen atoms in total. The molecular weight excluding hydrogens is 308 g/mol. The second-order valence-corrected chi connectivity index (χ2v) is 7.90. The van der Waals surface area contributed by atoms with Crippen LogP contribution in [0.1, 0.15) is 63.1 Å². The topological polar surface area (TPSA) is 40.5 Å². The van der Waals surface area contributed by atoms with Crippen LogP contribution in [-0.4, -0.2) is 10.2 Å². The van der Waals surface area contributed by atoms with Crippen molar-refractivity contribution in [2.45, 2.75) is 65.7 Å². The zero-order valence-electron chi connectivity index (χ0n) is 15.9. The molecule has 25 heavy (non-hydrogen) atoms. The lowest BCUT2D eigenvalue weighted by atomic mass is 9.84. The second kappa shape index (κ2) is 8.94. The van der Waals surface area contributed by atoms with Crippen LogP contribution in [-0.2, 0) is 19.3 Å². The molecule has 0 saturated carbocycles. The summed E-state index contributed by atoms with van der Waals surface area (Å²) in [5.41, 5.74) is 4.14. The standard InChI is InChI=1S/C23H32O2/c1-4-23(2,3)14-6-5-7-18-8-10-19(11-9-18)12-13-20-15-21(24)17-22(25)16-20/h8-11,15-17,24-25H,4-7,12-14H2,1-3H3. The van der Waals surface area contributed by atoms with E-state index in [9.17, 15) is 10.2 Å². The van der Waals surface area contributed by atoms with Crippen LogP contribution in [0.15, 0.2) is 42.5 Å². The summed E-state index contributed by atoms with van der Waals surface area (Å²) in [7, 11) is 0. The fraction of sp³-hybridized carbons (Fsp3) is 0.478. The van der Waals surface area contributed by atoms with Crippen LogP contribution in [0.3, 0.4) is 0 Å². The van der Waals surface area contributed by atoms with Gasteiger partial charge in [-0.25, -0.2) is 0 Å². The van der Waals surface area contributed by atoms with E-state index in [0.717, 1.165) is 24.8 Å². The molecule has 2 heteroatoms. The lowest BCUT2D eigenvalue weighted by Crippen LogP contribution is -2.09. The number of hydrogen-bond acceptors (Lipinski definition) is 2. The van der Waals surface area contributed by atoms with E-state index in [4.69, 9.17) is 0 Å². The SMILES string of the molecule is CCC(C)(C)CCCCc1ccc(CCc2cc(O)cc(O)c2)cc1. The molecule has 0 spiro atoms. The average molecular weight is 341 g/mol. The van der Waals surface area contributed by atoms with E-state index in [-0.39, 0.29) is 11.5 Å². The van der Waals surface area contributed by atoms with Crippen molar-refractivity contribution in [1.82, 2.24) is 0 Å². The van der Waals surface area contributed by atoms with E-state index < -0.39 is 0 Å². The number of aryl methyl sites for hydroxylation is 3. The van der Waals surface area contributed by atoms with Crippen LogP contribution in [0.25, 0.3) is 0 Å². The summed E-state index contributed by atoms with van der Waals surface area (Å²) >= 11 is 0. The predicted octanol–water partition coefficient (Wildman–Crippen LogP) is 6.03. The Balaban J connectivity index is 1.77. The molecule has 2 aromatic carbocycles. The molecule has 0 aliphatic carbocycles. The Morgan fingerprint density at radius 1 is 0.720 bits per heavy atom. The van der Waals surface area contributed by atoms with Gasteiger partial charge in [0.1, 0.15) is 11.5 Å². The van der Waals surface area contributed by atoms with Gasteiger partial charge >= 0.3 is 0 Å². The zero-order chi connectivity index (χ0) is 18.3. The number of phenols is 2. The molecule has 0 aliphatic rings. The van der Waals surface area contributed by atoms with Gasteiger partial charge in [0.15, 0.2) is 0 Å². The van der Waals surface area contributed by atoms with Crippen molar-refractivity contribution in [2.75, 3.05) is 0 Å². The maximum absolute atomic E-state index is 9.54. The van der Waals surface area contributed by atoms with E-state index in [0.29, 0.717) is 5.41 Å². The largest absolute Gasteiger partial charge is 0.508 e. The maximum atomic E-state index is 9.54. The van der Waals surface area contributed by atoms with Gasteiger partial charge in [-0.1, -0.05) is 57.9 Å². The van der Waals surface area contributed by atoms with Crippen LogP contribution in [0.2, 0.25) is 0 Å². The number of rotatable bonds is 9. The van der Waals surface area contributed by atoms with Gasteiger partial charge in [-0.2, -0.15) is 0 Å². The van der Waals surface area contributed by atoms with E-state index in [2.05, 4.69) is 45.0 Å². The zero-order valence-corrected chi connectivity index (χ0v) is 15.9. The summed E-state index contributed by atoms with van der Waals surface area (Å²) in [6.07, 6.45) is 7.98. The third kappa shape index (κ3) is 6.81. The molecule has 2 aromatic rings. The highest BCUT2D eigenvalue weighted by Crippen LogP contribution is 2.27. The van der Waals surface area contributed by atoms with Crippen molar-refractivity contribution in [3.63, 3.8) is 0 Å². The first kappa shape index (κ1) is 19.4. The summed E-state index contributed by atoms with van der Waals surface area (Å²) in [4.78, 5) is 0. The highest BCUT2D eigenvalue weighted by atomic mass is 16.3. The van der Waals surface area contributed by atoms with Crippen LogP contribution >= 0.6 is 0 Å². The van der Waals surface area contributed by atoms with Gasteiger partial charge in [0.25, 0.3) is 0 Å². The monoisotopic (exact) mass is 340 g/mol. The highest BCUT2D eigenvalue weighted by Gasteiger charge is 2.13. The van der Waals surface area contributed by atoms with Gasteiger partial charge < -0.3 is 10.2 Å². The molecule has 2 N–H and O–H groups in total. The van der Waals surface area contributed by atoms with Crippen LogP contribution in [0.4, 0.5) is 0 Å². The quantitative estimate of drug-likeness (QED) is 0.547. The van der Waals surface area contributed by atoms with Crippen molar-refractivity contribution >= 4 is 0 Å². The minimum atomic E-state index is 0.122. The van der Waals surface area contributed by atoms with Gasteiger partial charge in [0.05, 0.1) is 0 Å². The van der Waals surface area contributed by atoms with Gasteiger partial charge in [-0.05, 0) is 66.3 Å². The van der Waals surface area contributed by atoms with Gasteiger partial charge in [0, 0.05) is 6.07 Å². The smallest absolute Gasteiger partial charge is 0.119 e.